The van der Waals surface area contributed by atoms with Crippen LogP contribution in [0, 0.1) is 34.5 Å². The summed E-state index contributed by atoms with van der Waals surface area (Å²) < 4.78 is 86.8. The average Bonchev–Trinajstić information content (AvgIpc) is 2.64. The van der Waals surface area contributed by atoms with Crippen LogP contribution in [0.1, 0.15) is 63.8 Å². The molecule has 33 heavy (non-hydrogen) atoms. The van der Waals surface area contributed by atoms with Crippen LogP contribution in [0.3, 0.4) is 0 Å². The molecule has 1 atom stereocenters. The Balaban J connectivity index is -0.00000300. The Morgan fingerprint density at radius 2 is 1.15 bits per heavy atom. The standard InChI is InChI=1S/C19H23F5O6.3CH4/c1-9(25)30-18(4,5)19(6,17(2,3)27-7)8-28-16(26)29-15-13(23)11(21)10(20)12(22)14(15)24;;;/h8H2,1-7H3;3*1H4. The van der Waals surface area contributed by atoms with Crippen molar-refractivity contribution in [1.29, 1.82) is 0 Å². The van der Waals surface area contributed by atoms with Gasteiger partial charge in [0, 0.05) is 14.0 Å². The maximum absolute atomic E-state index is 13.7. The molecule has 0 radical (unpaired) electrons. The van der Waals surface area contributed by atoms with Crippen LogP contribution < -0.4 is 4.74 Å². The fourth-order valence-corrected chi connectivity index (χ4v) is 2.76. The summed E-state index contributed by atoms with van der Waals surface area (Å²) in [5, 5.41) is 0. The number of halogens is 5. The first kappa shape index (κ1) is 35.2. The van der Waals surface area contributed by atoms with Gasteiger partial charge in [0.2, 0.25) is 34.8 Å². The molecule has 0 aliphatic carbocycles. The highest BCUT2D eigenvalue weighted by molar-refractivity contribution is 5.67. The van der Waals surface area contributed by atoms with Crippen molar-refractivity contribution in [2.75, 3.05) is 13.7 Å². The Bertz CT molecular complexity index is 812. The smallest absolute Gasteiger partial charge is 0.459 e. The van der Waals surface area contributed by atoms with Gasteiger partial charge in [0.05, 0.1) is 11.0 Å². The van der Waals surface area contributed by atoms with E-state index in [2.05, 4.69) is 4.74 Å². The number of methoxy groups -OCH3 is 1. The van der Waals surface area contributed by atoms with Gasteiger partial charge in [-0.25, -0.2) is 18.0 Å². The Hall–Kier alpha value is -2.43. The molecule has 0 saturated heterocycles. The summed E-state index contributed by atoms with van der Waals surface area (Å²) in [6, 6.07) is 0. The first-order valence-corrected chi connectivity index (χ1v) is 8.63. The van der Waals surface area contributed by atoms with Crippen LogP contribution in [-0.4, -0.2) is 37.0 Å². The van der Waals surface area contributed by atoms with Gasteiger partial charge in [-0.2, -0.15) is 8.78 Å². The van der Waals surface area contributed by atoms with E-state index in [-0.39, 0.29) is 22.3 Å². The second-order valence-electron chi connectivity index (χ2n) is 7.69. The van der Waals surface area contributed by atoms with E-state index in [0.717, 1.165) is 0 Å². The van der Waals surface area contributed by atoms with E-state index < -0.39 is 70.2 Å². The van der Waals surface area contributed by atoms with Crippen molar-refractivity contribution in [3.63, 3.8) is 0 Å². The summed E-state index contributed by atoms with van der Waals surface area (Å²) in [5.74, 6) is -14.1. The molecule has 194 valence electrons. The lowest BCUT2D eigenvalue weighted by atomic mass is 9.65. The molecule has 11 heteroatoms. The number of hydrogen-bond donors (Lipinski definition) is 0. The number of esters is 1. The Labute approximate surface area is 192 Å². The van der Waals surface area contributed by atoms with E-state index in [4.69, 9.17) is 14.2 Å². The molecule has 0 N–H and O–H groups in total. The van der Waals surface area contributed by atoms with Crippen LogP contribution in [0.4, 0.5) is 26.7 Å². The number of carbonyl (C=O) groups is 2. The zero-order valence-corrected chi connectivity index (χ0v) is 17.5. The molecular formula is C22H35F5O6. The number of rotatable bonds is 7. The topological polar surface area (TPSA) is 71.1 Å². The van der Waals surface area contributed by atoms with Crippen molar-refractivity contribution in [2.45, 2.75) is 75.0 Å². The molecular weight excluding hydrogens is 455 g/mol. The molecule has 1 aromatic carbocycles. The fraction of sp³-hybridized carbons (Fsp3) is 0.636. The summed E-state index contributed by atoms with van der Waals surface area (Å²) >= 11 is 0. The normalized spacial score (nSPS) is 12.8. The largest absolute Gasteiger partial charge is 0.514 e. The molecule has 0 aliphatic rings. The van der Waals surface area contributed by atoms with Crippen molar-refractivity contribution in [2.24, 2.45) is 5.41 Å². The summed E-state index contributed by atoms with van der Waals surface area (Å²) in [6.07, 6.45) is -1.74. The van der Waals surface area contributed by atoms with Crippen LogP contribution in [-0.2, 0) is 19.0 Å². The molecule has 0 saturated carbocycles. The molecule has 1 rings (SSSR count). The number of carbonyl (C=O) groups excluding carboxylic acids is 2. The van der Waals surface area contributed by atoms with Crippen molar-refractivity contribution < 1.29 is 50.5 Å². The van der Waals surface area contributed by atoms with E-state index in [0.29, 0.717) is 0 Å². The van der Waals surface area contributed by atoms with E-state index in [1.165, 1.54) is 27.9 Å². The minimum Gasteiger partial charge on any atom is -0.459 e. The third-order valence-electron chi connectivity index (χ3n) is 5.40. The first-order chi connectivity index (χ1) is 13.5. The molecule has 0 amide bonds. The lowest BCUT2D eigenvalue weighted by Gasteiger charge is -2.51. The fourth-order valence-electron chi connectivity index (χ4n) is 2.76. The molecule has 0 spiro atoms. The van der Waals surface area contributed by atoms with Crippen LogP contribution in [0.15, 0.2) is 0 Å². The molecule has 6 nitrogen and oxygen atoms in total. The lowest BCUT2D eigenvalue weighted by Crippen LogP contribution is -2.60. The number of hydrogen-bond acceptors (Lipinski definition) is 6. The SMILES string of the molecule is C.C.C.COC(C)(C)C(C)(COC(=O)Oc1c(F)c(F)c(F)c(F)c1F)C(C)(C)OC(C)=O. The van der Waals surface area contributed by atoms with Gasteiger partial charge in [0.15, 0.2) is 0 Å². The highest BCUT2D eigenvalue weighted by atomic mass is 19.2. The minimum atomic E-state index is -2.40. The lowest BCUT2D eigenvalue weighted by molar-refractivity contribution is -0.211. The van der Waals surface area contributed by atoms with E-state index in [1.807, 2.05) is 0 Å². The molecule has 0 aromatic heterocycles. The monoisotopic (exact) mass is 490 g/mol. The zero-order chi connectivity index (χ0) is 23.7. The minimum absolute atomic E-state index is 0. The quantitative estimate of drug-likeness (QED) is 0.141. The predicted molar refractivity (Wildman–Crippen MR) is 113 cm³/mol. The summed E-state index contributed by atoms with van der Waals surface area (Å²) in [6.45, 7) is 8.41. The van der Waals surface area contributed by atoms with E-state index in [1.54, 1.807) is 20.8 Å². The van der Waals surface area contributed by atoms with Gasteiger partial charge >= 0.3 is 12.1 Å². The van der Waals surface area contributed by atoms with Gasteiger partial charge < -0.3 is 18.9 Å². The molecule has 0 aliphatic heterocycles. The third kappa shape index (κ3) is 6.78. The van der Waals surface area contributed by atoms with E-state index >= 15 is 0 Å². The summed E-state index contributed by atoms with van der Waals surface area (Å²) in [5.41, 5.74) is -3.63. The van der Waals surface area contributed by atoms with Crippen LogP contribution in [0.25, 0.3) is 0 Å². The van der Waals surface area contributed by atoms with Crippen LogP contribution in [0.5, 0.6) is 5.75 Å². The van der Waals surface area contributed by atoms with Gasteiger partial charge in [-0.05, 0) is 34.6 Å². The van der Waals surface area contributed by atoms with Gasteiger partial charge in [-0.15, -0.1) is 0 Å². The highest BCUT2D eigenvalue weighted by Crippen LogP contribution is 2.45. The maximum atomic E-state index is 13.7. The Morgan fingerprint density at radius 1 is 0.758 bits per heavy atom. The van der Waals surface area contributed by atoms with Crippen molar-refractivity contribution in [3.05, 3.63) is 29.1 Å². The second kappa shape index (κ2) is 12.2. The maximum Gasteiger partial charge on any atom is 0.514 e. The third-order valence-corrected chi connectivity index (χ3v) is 5.40. The highest BCUT2D eigenvalue weighted by Gasteiger charge is 2.55. The predicted octanol–water partition coefficient (Wildman–Crippen LogP) is 6.58. The molecule has 1 unspecified atom stereocenters. The van der Waals surface area contributed by atoms with E-state index in [9.17, 15) is 31.5 Å². The molecule has 1 aromatic rings. The van der Waals surface area contributed by atoms with Gasteiger partial charge in [0.25, 0.3) is 0 Å². The van der Waals surface area contributed by atoms with Gasteiger partial charge in [0.1, 0.15) is 12.2 Å². The van der Waals surface area contributed by atoms with Crippen LogP contribution >= 0.6 is 0 Å². The Morgan fingerprint density at radius 3 is 1.52 bits per heavy atom. The number of ether oxygens (including phenoxy) is 4. The summed E-state index contributed by atoms with van der Waals surface area (Å²) in [7, 11) is 1.36. The zero-order valence-electron chi connectivity index (χ0n) is 17.5. The summed E-state index contributed by atoms with van der Waals surface area (Å²) in [4.78, 5) is 23.5. The number of benzene rings is 1. The molecule has 0 heterocycles. The second-order valence-corrected chi connectivity index (χ2v) is 7.69. The first-order valence-electron chi connectivity index (χ1n) is 8.63. The van der Waals surface area contributed by atoms with Gasteiger partial charge in [-0.1, -0.05) is 22.3 Å². The van der Waals surface area contributed by atoms with Crippen molar-refractivity contribution in [3.8, 4) is 5.75 Å². The molecule has 0 fully saturated rings. The van der Waals surface area contributed by atoms with Gasteiger partial charge in [-0.3, -0.25) is 4.79 Å². The van der Waals surface area contributed by atoms with Crippen LogP contribution in [0.2, 0.25) is 0 Å². The average molecular weight is 491 g/mol. The van der Waals surface area contributed by atoms with Crippen molar-refractivity contribution in [1.82, 2.24) is 0 Å². The van der Waals surface area contributed by atoms with Crippen molar-refractivity contribution >= 4 is 12.1 Å². The Kier molecular flexibility index (Phi) is 12.9. The molecule has 0 bridgehead atoms.